The molecule has 1 aliphatic rings. The number of hydrogen-bond donors (Lipinski definition) is 1. The summed E-state index contributed by atoms with van der Waals surface area (Å²) in [6.07, 6.45) is 0. The van der Waals surface area contributed by atoms with E-state index in [-0.39, 0.29) is 6.04 Å². The van der Waals surface area contributed by atoms with Crippen LogP contribution in [0.2, 0.25) is 5.02 Å². The summed E-state index contributed by atoms with van der Waals surface area (Å²) in [7, 11) is -3.60. The van der Waals surface area contributed by atoms with Gasteiger partial charge in [-0.05, 0) is 25.5 Å². The third-order valence-corrected chi connectivity index (χ3v) is 7.77. The molecule has 0 spiro atoms. The molecule has 0 radical (unpaired) electrons. The highest BCUT2D eigenvalue weighted by molar-refractivity contribution is 7.91. The number of benzene rings is 1. The van der Waals surface area contributed by atoms with E-state index in [0.29, 0.717) is 34.6 Å². The number of nitrogens with zero attached hydrogens (tertiary/aromatic N) is 2. The van der Waals surface area contributed by atoms with Crippen molar-refractivity contribution in [2.75, 3.05) is 19.6 Å². The van der Waals surface area contributed by atoms with E-state index in [9.17, 15) is 8.42 Å². The van der Waals surface area contributed by atoms with Gasteiger partial charge >= 0.3 is 0 Å². The van der Waals surface area contributed by atoms with Crippen LogP contribution in [-0.2, 0) is 10.0 Å². The molecule has 0 bridgehead atoms. The smallest absolute Gasteiger partial charge is 0.255 e. The van der Waals surface area contributed by atoms with Crippen molar-refractivity contribution in [1.29, 1.82) is 0 Å². The molecule has 0 amide bonds. The van der Waals surface area contributed by atoms with E-state index < -0.39 is 10.0 Å². The van der Waals surface area contributed by atoms with Gasteiger partial charge in [-0.15, -0.1) is 11.3 Å². The number of hydrogen-bond acceptors (Lipinski definition) is 5. The lowest BCUT2D eigenvalue weighted by Crippen LogP contribution is -2.48. The standard InChI is InChI=1S/C15H18ClN3O2S2/c1-10-15(22-11(2)18-10)23(20,21)19-8-7-17-9-14(19)12-5-3-4-6-13(12)16/h3-6,14,17H,7-9H2,1-2H3. The van der Waals surface area contributed by atoms with Crippen LogP contribution in [0.15, 0.2) is 28.5 Å². The monoisotopic (exact) mass is 371 g/mol. The van der Waals surface area contributed by atoms with Crippen LogP contribution >= 0.6 is 22.9 Å². The van der Waals surface area contributed by atoms with Crippen LogP contribution in [0.5, 0.6) is 0 Å². The molecule has 5 nitrogen and oxygen atoms in total. The van der Waals surface area contributed by atoms with Gasteiger partial charge in [0.1, 0.15) is 0 Å². The molecule has 3 rings (SSSR count). The molecule has 2 aromatic rings. The van der Waals surface area contributed by atoms with Crippen LogP contribution in [0.3, 0.4) is 0 Å². The quantitative estimate of drug-likeness (QED) is 0.901. The van der Waals surface area contributed by atoms with Gasteiger partial charge in [-0.1, -0.05) is 29.8 Å². The Bertz CT molecular complexity index is 820. The number of aromatic nitrogens is 1. The number of piperazine rings is 1. The molecule has 1 fully saturated rings. The maximum atomic E-state index is 13.1. The minimum Gasteiger partial charge on any atom is -0.313 e. The largest absolute Gasteiger partial charge is 0.313 e. The Morgan fingerprint density at radius 1 is 1.35 bits per heavy atom. The minimum absolute atomic E-state index is 0.316. The van der Waals surface area contributed by atoms with Crippen molar-refractivity contribution in [2.45, 2.75) is 24.1 Å². The van der Waals surface area contributed by atoms with Crippen molar-refractivity contribution in [3.8, 4) is 0 Å². The second kappa shape index (κ2) is 6.49. The predicted molar refractivity (Wildman–Crippen MR) is 92.5 cm³/mol. The summed E-state index contributed by atoms with van der Waals surface area (Å²) in [4.78, 5) is 4.26. The lowest BCUT2D eigenvalue weighted by atomic mass is 10.1. The van der Waals surface area contributed by atoms with E-state index in [2.05, 4.69) is 10.3 Å². The van der Waals surface area contributed by atoms with Crippen molar-refractivity contribution in [3.05, 3.63) is 45.6 Å². The first kappa shape index (κ1) is 16.9. The molecule has 0 aliphatic carbocycles. The first-order chi connectivity index (χ1) is 10.9. The van der Waals surface area contributed by atoms with Crippen molar-refractivity contribution < 1.29 is 8.42 Å². The van der Waals surface area contributed by atoms with Crippen LogP contribution in [0.25, 0.3) is 0 Å². The van der Waals surface area contributed by atoms with E-state index in [4.69, 9.17) is 11.6 Å². The lowest BCUT2D eigenvalue weighted by Gasteiger charge is -2.35. The van der Waals surface area contributed by atoms with Gasteiger partial charge in [0.2, 0.25) is 0 Å². The number of nitrogens with one attached hydrogen (secondary N) is 1. The van der Waals surface area contributed by atoms with Gasteiger partial charge in [-0.2, -0.15) is 4.31 Å². The van der Waals surface area contributed by atoms with Crippen LogP contribution < -0.4 is 5.32 Å². The number of sulfonamides is 1. The van der Waals surface area contributed by atoms with E-state index >= 15 is 0 Å². The van der Waals surface area contributed by atoms with Crippen LogP contribution in [-0.4, -0.2) is 37.3 Å². The fourth-order valence-corrected chi connectivity index (χ4v) is 6.31. The van der Waals surface area contributed by atoms with Gasteiger partial charge in [0.05, 0.1) is 16.7 Å². The van der Waals surface area contributed by atoms with E-state index in [0.717, 1.165) is 10.6 Å². The second-order valence-electron chi connectivity index (χ2n) is 5.46. The maximum absolute atomic E-state index is 13.1. The van der Waals surface area contributed by atoms with Gasteiger partial charge in [0.15, 0.2) is 4.21 Å². The van der Waals surface area contributed by atoms with Crippen LogP contribution in [0, 0.1) is 13.8 Å². The summed E-state index contributed by atoms with van der Waals surface area (Å²) >= 11 is 7.52. The molecule has 23 heavy (non-hydrogen) atoms. The Balaban J connectivity index is 2.05. The number of aryl methyl sites for hydroxylation is 2. The molecular formula is C15H18ClN3O2S2. The second-order valence-corrected chi connectivity index (χ2v) is 9.16. The van der Waals surface area contributed by atoms with Crippen molar-refractivity contribution in [3.63, 3.8) is 0 Å². The van der Waals surface area contributed by atoms with Crippen molar-refractivity contribution in [1.82, 2.24) is 14.6 Å². The third-order valence-electron chi connectivity index (χ3n) is 3.86. The third kappa shape index (κ3) is 3.16. The average Bonchev–Trinajstić information content (AvgIpc) is 2.87. The molecule has 124 valence electrons. The molecule has 1 aromatic carbocycles. The average molecular weight is 372 g/mol. The molecule has 1 unspecified atom stereocenters. The maximum Gasteiger partial charge on any atom is 0.255 e. The van der Waals surface area contributed by atoms with Gasteiger partial charge in [-0.25, -0.2) is 13.4 Å². The predicted octanol–water partition coefficient (Wildman–Crippen LogP) is 2.75. The highest BCUT2D eigenvalue weighted by atomic mass is 35.5. The molecule has 0 saturated carbocycles. The summed E-state index contributed by atoms with van der Waals surface area (Å²) in [5.74, 6) is 0. The van der Waals surface area contributed by atoms with E-state index in [1.165, 1.54) is 11.3 Å². The zero-order valence-electron chi connectivity index (χ0n) is 12.9. The van der Waals surface area contributed by atoms with Gasteiger partial charge in [0.25, 0.3) is 10.0 Å². The first-order valence-electron chi connectivity index (χ1n) is 7.32. The molecule has 1 saturated heterocycles. The summed E-state index contributed by atoms with van der Waals surface area (Å²) in [6, 6.07) is 7.08. The molecule has 8 heteroatoms. The highest BCUT2D eigenvalue weighted by Crippen LogP contribution is 2.35. The van der Waals surface area contributed by atoms with E-state index in [1.807, 2.05) is 25.1 Å². The molecule has 1 aliphatic heterocycles. The van der Waals surface area contributed by atoms with Gasteiger partial charge < -0.3 is 5.32 Å². The summed E-state index contributed by atoms with van der Waals surface area (Å²) in [6.45, 7) is 5.13. The summed E-state index contributed by atoms with van der Waals surface area (Å²) in [5, 5.41) is 4.59. The Morgan fingerprint density at radius 2 is 2.09 bits per heavy atom. The molecule has 1 N–H and O–H groups in total. The fraction of sp³-hybridized carbons (Fsp3) is 0.400. The normalized spacial score (nSPS) is 19.9. The SMILES string of the molecule is Cc1nc(C)c(S(=O)(=O)N2CCNCC2c2ccccc2Cl)s1. The van der Waals surface area contributed by atoms with Gasteiger partial charge in [0, 0.05) is 24.7 Å². The zero-order chi connectivity index (χ0) is 16.6. The number of rotatable bonds is 3. The molecule has 1 aromatic heterocycles. The highest BCUT2D eigenvalue weighted by Gasteiger charge is 2.37. The van der Waals surface area contributed by atoms with Crippen LogP contribution in [0.4, 0.5) is 0 Å². The van der Waals surface area contributed by atoms with Crippen molar-refractivity contribution in [2.24, 2.45) is 0 Å². The van der Waals surface area contributed by atoms with E-state index in [1.54, 1.807) is 17.3 Å². The Hall–Kier alpha value is -0.990. The number of halogens is 1. The summed E-state index contributed by atoms with van der Waals surface area (Å²) < 4.78 is 28.2. The van der Waals surface area contributed by atoms with Gasteiger partial charge in [-0.3, -0.25) is 0 Å². The first-order valence-corrected chi connectivity index (χ1v) is 9.95. The Kier molecular flexibility index (Phi) is 4.75. The lowest BCUT2D eigenvalue weighted by molar-refractivity contribution is 0.272. The summed E-state index contributed by atoms with van der Waals surface area (Å²) in [5.41, 5.74) is 1.38. The Labute approximate surface area is 145 Å². The topological polar surface area (TPSA) is 62.3 Å². The van der Waals surface area contributed by atoms with Crippen molar-refractivity contribution >= 4 is 33.0 Å². The molecule has 2 heterocycles. The zero-order valence-corrected chi connectivity index (χ0v) is 15.3. The Morgan fingerprint density at radius 3 is 2.74 bits per heavy atom. The molecule has 1 atom stereocenters. The van der Waals surface area contributed by atoms with Crippen LogP contribution in [0.1, 0.15) is 22.3 Å². The molecular weight excluding hydrogens is 354 g/mol. The number of thiazole rings is 1. The fourth-order valence-electron chi connectivity index (χ4n) is 2.84. The minimum atomic E-state index is -3.60.